The fourth-order valence-electron chi connectivity index (χ4n) is 1.29. The highest BCUT2D eigenvalue weighted by molar-refractivity contribution is 9.10. The molecular weight excluding hydrogens is 249 g/mol. The lowest BCUT2D eigenvalue weighted by Crippen LogP contribution is -2.21. The molecule has 1 atom stereocenters. The zero-order valence-corrected chi connectivity index (χ0v) is 9.77. The standard InChI is InChI=1S/C10H13BrFNO/c1-13-10(6-14-2)7-3-8(11)5-9(12)4-7/h3-5,10,13H,6H2,1-2H3. The van der Waals surface area contributed by atoms with Gasteiger partial charge in [-0.2, -0.15) is 0 Å². The Morgan fingerprint density at radius 2 is 2.21 bits per heavy atom. The maximum absolute atomic E-state index is 13.1. The Kier molecular flexibility index (Phi) is 4.51. The van der Waals surface area contributed by atoms with Crippen LogP contribution in [0.25, 0.3) is 0 Å². The number of halogens is 2. The molecule has 0 saturated carbocycles. The van der Waals surface area contributed by atoms with E-state index in [0.717, 1.165) is 10.0 Å². The van der Waals surface area contributed by atoms with Gasteiger partial charge in [0.15, 0.2) is 0 Å². The van der Waals surface area contributed by atoms with Crippen LogP contribution in [-0.2, 0) is 4.74 Å². The molecule has 1 rings (SSSR count). The molecule has 0 spiro atoms. The predicted molar refractivity (Wildman–Crippen MR) is 57.8 cm³/mol. The van der Waals surface area contributed by atoms with E-state index in [1.807, 2.05) is 13.1 Å². The van der Waals surface area contributed by atoms with Gasteiger partial charge < -0.3 is 10.1 Å². The Balaban J connectivity index is 2.91. The summed E-state index contributed by atoms with van der Waals surface area (Å²) in [4.78, 5) is 0. The average molecular weight is 262 g/mol. The third kappa shape index (κ3) is 3.04. The second kappa shape index (κ2) is 5.44. The molecule has 1 aromatic carbocycles. The smallest absolute Gasteiger partial charge is 0.124 e. The van der Waals surface area contributed by atoms with Crippen LogP contribution in [0.4, 0.5) is 4.39 Å². The topological polar surface area (TPSA) is 21.3 Å². The summed E-state index contributed by atoms with van der Waals surface area (Å²) in [6, 6.07) is 4.84. The quantitative estimate of drug-likeness (QED) is 0.900. The molecule has 4 heteroatoms. The Morgan fingerprint density at radius 3 is 2.71 bits per heavy atom. The molecule has 2 nitrogen and oxygen atoms in total. The van der Waals surface area contributed by atoms with Gasteiger partial charge in [-0.1, -0.05) is 15.9 Å². The van der Waals surface area contributed by atoms with E-state index in [0.29, 0.717) is 6.61 Å². The van der Waals surface area contributed by atoms with E-state index in [4.69, 9.17) is 4.74 Å². The van der Waals surface area contributed by atoms with Crippen LogP contribution >= 0.6 is 15.9 Å². The van der Waals surface area contributed by atoms with Crippen molar-refractivity contribution in [2.24, 2.45) is 0 Å². The maximum atomic E-state index is 13.1. The van der Waals surface area contributed by atoms with Crippen molar-refractivity contribution in [2.75, 3.05) is 20.8 Å². The molecule has 1 N–H and O–H groups in total. The minimum Gasteiger partial charge on any atom is -0.383 e. The molecule has 1 unspecified atom stereocenters. The predicted octanol–water partition coefficient (Wildman–Crippen LogP) is 2.50. The van der Waals surface area contributed by atoms with Crippen molar-refractivity contribution in [1.82, 2.24) is 5.32 Å². The van der Waals surface area contributed by atoms with E-state index in [1.165, 1.54) is 12.1 Å². The first kappa shape index (κ1) is 11.6. The summed E-state index contributed by atoms with van der Waals surface area (Å²) in [5.41, 5.74) is 0.876. The van der Waals surface area contributed by atoms with Crippen LogP contribution in [0, 0.1) is 5.82 Å². The first-order valence-corrected chi connectivity index (χ1v) is 5.09. The van der Waals surface area contributed by atoms with Crippen molar-refractivity contribution in [1.29, 1.82) is 0 Å². The highest BCUT2D eigenvalue weighted by Gasteiger charge is 2.10. The Hall–Kier alpha value is -0.450. The lowest BCUT2D eigenvalue weighted by molar-refractivity contribution is 0.170. The lowest BCUT2D eigenvalue weighted by atomic mass is 10.1. The molecule has 1 aromatic rings. The molecule has 0 fully saturated rings. The molecule has 0 saturated heterocycles. The van der Waals surface area contributed by atoms with E-state index >= 15 is 0 Å². The summed E-state index contributed by atoms with van der Waals surface area (Å²) in [5, 5.41) is 3.06. The number of rotatable bonds is 4. The van der Waals surface area contributed by atoms with Crippen LogP contribution < -0.4 is 5.32 Å². The number of methoxy groups -OCH3 is 1. The average Bonchev–Trinajstić information content (AvgIpc) is 2.12. The third-order valence-electron chi connectivity index (χ3n) is 1.97. The Labute approximate surface area is 91.6 Å². The molecular formula is C10H13BrFNO. The van der Waals surface area contributed by atoms with E-state index < -0.39 is 0 Å². The summed E-state index contributed by atoms with van der Waals surface area (Å²) in [6.45, 7) is 0.520. The van der Waals surface area contributed by atoms with Crippen LogP contribution in [0.15, 0.2) is 22.7 Å². The summed E-state index contributed by atoms with van der Waals surface area (Å²) >= 11 is 3.25. The highest BCUT2D eigenvalue weighted by atomic mass is 79.9. The molecule has 0 aliphatic carbocycles. The van der Waals surface area contributed by atoms with Gasteiger partial charge in [-0.3, -0.25) is 0 Å². The largest absolute Gasteiger partial charge is 0.383 e. The van der Waals surface area contributed by atoms with E-state index in [-0.39, 0.29) is 11.9 Å². The molecule has 0 heterocycles. The first-order valence-electron chi connectivity index (χ1n) is 4.29. The van der Waals surface area contributed by atoms with Gasteiger partial charge in [-0.05, 0) is 30.8 Å². The van der Waals surface area contributed by atoms with E-state index in [1.54, 1.807) is 7.11 Å². The van der Waals surface area contributed by atoms with Crippen molar-refractivity contribution in [2.45, 2.75) is 6.04 Å². The fraction of sp³-hybridized carbons (Fsp3) is 0.400. The molecule has 78 valence electrons. The van der Waals surface area contributed by atoms with Gasteiger partial charge in [0.1, 0.15) is 5.82 Å². The van der Waals surface area contributed by atoms with Crippen LogP contribution in [0.3, 0.4) is 0 Å². The second-order valence-corrected chi connectivity index (χ2v) is 3.92. The SMILES string of the molecule is CNC(COC)c1cc(F)cc(Br)c1. The summed E-state index contributed by atoms with van der Waals surface area (Å²) in [6.07, 6.45) is 0. The summed E-state index contributed by atoms with van der Waals surface area (Å²) in [7, 11) is 3.45. The number of likely N-dealkylation sites (N-methyl/N-ethyl adjacent to an activating group) is 1. The van der Waals surface area contributed by atoms with E-state index in [2.05, 4.69) is 21.2 Å². The minimum atomic E-state index is -0.245. The Morgan fingerprint density at radius 1 is 1.50 bits per heavy atom. The fourth-order valence-corrected chi connectivity index (χ4v) is 1.77. The van der Waals surface area contributed by atoms with Crippen molar-refractivity contribution in [3.05, 3.63) is 34.1 Å². The Bertz CT molecular complexity index is 286. The highest BCUT2D eigenvalue weighted by Crippen LogP contribution is 2.20. The van der Waals surface area contributed by atoms with Gasteiger partial charge >= 0.3 is 0 Å². The number of benzene rings is 1. The van der Waals surface area contributed by atoms with Gasteiger partial charge in [-0.25, -0.2) is 4.39 Å². The van der Waals surface area contributed by atoms with Crippen LogP contribution in [0.5, 0.6) is 0 Å². The van der Waals surface area contributed by atoms with Gasteiger partial charge in [-0.15, -0.1) is 0 Å². The zero-order valence-electron chi connectivity index (χ0n) is 8.18. The molecule has 0 bridgehead atoms. The number of hydrogen-bond donors (Lipinski definition) is 1. The zero-order chi connectivity index (χ0) is 10.6. The molecule has 0 radical (unpaired) electrons. The van der Waals surface area contributed by atoms with Crippen molar-refractivity contribution in [3.8, 4) is 0 Å². The normalized spacial score (nSPS) is 12.9. The summed E-state index contributed by atoms with van der Waals surface area (Å²) in [5.74, 6) is -0.245. The summed E-state index contributed by atoms with van der Waals surface area (Å²) < 4.78 is 18.8. The van der Waals surface area contributed by atoms with Gasteiger partial charge in [0.05, 0.1) is 12.6 Å². The maximum Gasteiger partial charge on any atom is 0.124 e. The third-order valence-corrected chi connectivity index (χ3v) is 2.43. The van der Waals surface area contributed by atoms with Crippen molar-refractivity contribution < 1.29 is 9.13 Å². The monoisotopic (exact) mass is 261 g/mol. The lowest BCUT2D eigenvalue weighted by Gasteiger charge is -2.15. The molecule has 0 aromatic heterocycles. The molecule has 0 aliphatic heterocycles. The number of hydrogen-bond acceptors (Lipinski definition) is 2. The van der Waals surface area contributed by atoms with E-state index in [9.17, 15) is 4.39 Å². The van der Waals surface area contributed by atoms with Crippen molar-refractivity contribution in [3.63, 3.8) is 0 Å². The molecule has 14 heavy (non-hydrogen) atoms. The van der Waals surface area contributed by atoms with Crippen LogP contribution in [0.1, 0.15) is 11.6 Å². The van der Waals surface area contributed by atoms with Gasteiger partial charge in [0.25, 0.3) is 0 Å². The van der Waals surface area contributed by atoms with Crippen LogP contribution in [0.2, 0.25) is 0 Å². The molecule has 0 amide bonds. The van der Waals surface area contributed by atoms with Crippen molar-refractivity contribution >= 4 is 15.9 Å². The first-order chi connectivity index (χ1) is 6.67. The van der Waals surface area contributed by atoms with Crippen LogP contribution in [-0.4, -0.2) is 20.8 Å². The number of ether oxygens (including phenoxy) is 1. The number of nitrogens with one attached hydrogen (secondary N) is 1. The minimum absolute atomic E-state index is 0.0204. The molecule has 0 aliphatic rings. The van der Waals surface area contributed by atoms with Gasteiger partial charge in [0.2, 0.25) is 0 Å². The second-order valence-electron chi connectivity index (χ2n) is 3.00. The van der Waals surface area contributed by atoms with Gasteiger partial charge in [0, 0.05) is 11.6 Å².